The number of carboxylic acid groups (broad SMARTS) is 1. The van der Waals surface area contributed by atoms with Crippen LogP contribution in [0.15, 0.2) is 36.4 Å². The summed E-state index contributed by atoms with van der Waals surface area (Å²) < 4.78 is 5.67. The van der Waals surface area contributed by atoms with Crippen LogP contribution in [0.5, 0.6) is 5.75 Å². The van der Waals surface area contributed by atoms with Crippen LogP contribution in [0, 0.1) is 20.8 Å². The molecule has 0 fully saturated rings. The van der Waals surface area contributed by atoms with Gasteiger partial charge >= 0.3 is 5.97 Å². The summed E-state index contributed by atoms with van der Waals surface area (Å²) in [7, 11) is 0. The second kappa shape index (κ2) is 6.84. The lowest BCUT2D eigenvalue weighted by Gasteiger charge is -2.17. The van der Waals surface area contributed by atoms with Crippen LogP contribution in [-0.2, 0) is 11.2 Å². The fourth-order valence-corrected chi connectivity index (χ4v) is 2.40. The summed E-state index contributed by atoms with van der Waals surface area (Å²) >= 11 is 6.09. The van der Waals surface area contributed by atoms with Crippen molar-refractivity contribution >= 4 is 17.6 Å². The van der Waals surface area contributed by atoms with Crippen LogP contribution in [0.4, 0.5) is 0 Å². The Morgan fingerprint density at radius 1 is 1.18 bits per heavy atom. The third-order valence-electron chi connectivity index (χ3n) is 3.82. The summed E-state index contributed by atoms with van der Waals surface area (Å²) in [5, 5.41) is 10.1. The molecule has 116 valence electrons. The quantitative estimate of drug-likeness (QED) is 0.892. The van der Waals surface area contributed by atoms with E-state index in [2.05, 4.69) is 0 Å². The van der Waals surface area contributed by atoms with Gasteiger partial charge in [-0.1, -0.05) is 29.8 Å². The van der Waals surface area contributed by atoms with E-state index in [-0.39, 0.29) is 6.42 Å². The predicted octanol–water partition coefficient (Wildman–Crippen LogP) is 4.34. The molecule has 22 heavy (non-hydrogen) atoms. The Labute approximate surface area is 135 Å². The highest BCUT2D eigenvalue weighted by atomic mass is 35.5. The fourth-order valence-electron chi connectivity index (χ4n) is 2.20. The van der Waals surface area contributed by atoms with Crippen molar-refractivity contribution in [1.29, 1.82) is 0 Å². The minimum atomic E-state index is -0.988. The summed E-state index contributed by atoms with van der Waals surface area (Å²) in [6.07, 6.45) is -0.673. The third kappa shape index (κ3) is 3.80. The van der Waals surface area contributed by atoms with Gasteiger partial charge in [0.05, 0.1) is 0 Å². The van der Waals surface area contributed by atoms with E-state index in [0.29, 0.717) is 10.8 Å². The zero-order valence-electron chi connectivity index (χ0n) is 12.9. The molecule has 0 aromatic heterocycles. The first kappa shape index (κ1) is 16.4. The Hall–Kier alpha value is -2.00. The highest BCUT2D eigenvalue weighted by Gasteiger charge is 2.21. The van der Waals surface area contributed by atoms with Crippen molar-refractivity contribution < 1.29 is 14.6 Å². The van der Waals surface area contributed by atoms with E-state index >= 15 is 0 Å². The Morgan fingerprint density at radius 2 is 1.91 bits per heavy atom. The largest absolute Gasteiger partial charge is 0.478 e. The average molecular weight is 319 g/mol. The number of hydrogen-bond acceptors (Lipinski definition) is 2. The van der Waals surface area contributed by atoms with Crippen molar-refractivity contribution in [3.63, 3.8) is 0 Å². The lowest BCUT2D eigenvalue weighted by molar-refractivity contribution is -0.145. The van der Waals surface area contributed by atoms with Crippen molar-refractivity contribution in [3.8, 4) is 5.75 Å². The summed E-state index contributed by atoms with van der Waals surface area (Å²) in [5.41, 5.74) is 3.98. The lowest BCUT2D eigenvalue weighted by Crippen LogP contribution is -2.29. The molecule has 0 saturated carbocycles. The molecule has 0 saturated heterocycles. The van der Waals surface area contributed by atoms with E-state index in [1.54, 1.807) is 12.1 Å². The van der Waals surface area contributed by atoms with Crippen molar-refractivity contribution in [3.05, 3.63) is 63.7 Å². The summed E-state index contributed by atoms with van der Waals surface area (Å²) in [6.45, 7) is 5.86. The minimum Gasteiger partial charge on any atom is -0.478 e. The van der Waals surface area contributed by atoms with Crippen LogP contribution in [0.3, 0.4) is 0 Å². The highest BCUT2D eigenvalue weighted by molar-refractivity contribution is 6.31. The van der Waals surface area contributed by atoms with Gasteiger partial charge < -0.3 is 9.84 Å². The van der Waals surface area contributed by atoms with Gasteiger partial charge in [-0.25, -0.2) is 4.79 Å². The maximum Gasteiger partial charge on any atom is 0.345 e. The number of carboxylic acids is 1. The smallest absolute Gasteiger partial charge is 0.345 e. The summed E-state index contributed by atoms with van der Waals surface area (Å²) in [6, 6.07) is 11.1. The van der Waals surface area contributed by atoms with Gasteiger partial charge in [0, 0.05) is 11.4 Å². The Balaban J connectivity index is 2.21. The number of ether oxygens (including phenoxy) is 1. The second-order valence-corrected chi connectivity index (χ2v) is 5.83. The Bertz CT molecular complexity index is 695. The molecule has 0 aliphatic carbocycles. The van der Waals surface area contributed by atoms with Crippen LogP contribution in [0.1, 0.15) is 22.3 Å². The highest BCUT2D eigenvalue weighted by Crippen LogP contribution is 2.23. The Morgan fingerprint density at radius 3 is 2.55 bits per heavy atom. The van der Waals surface area contributed by atoms with Gasteiger partial charge in [-0.2, -0.15) is 0 Å². The third-order valence-corrected chi connectivity index (χ3v) is 4.23. The molecule has 1 N–H and O–H groups in total. The van der Waals surface area contributed by atoms with Crippen LogP contribution in [0.25, 0.3) is 0 Å². The van der Waals surface area contributed by atoms with Crippen LogP contribution >= 0.6 is 11.6 Å². The molecular formula is C18H19ClO3. The van der Waals surface area contributed by atoms with E-state index < -0.39 is 12.1 Å². The standard InChI is InChI=1S/C18H19ClO3/c1-11-7-8-15(9-12(11)2)22-17(18(20)21)10-14-5-4-6-16(19)13(14)3/h4-9,17H,10H2,1-3H3,(H,20,21)/t17-/m1/s1. The van der Waals surface area contributed by atoms with Gasteiger partial charge in [0.1, 0.15) is 5.75 Å². The SMILES string of the molecule is Cc1ccc(O[C@H](Cc2cccc(Cl)c2C)C(=O)O)cc1C. The summed E-state index contributed by atoms with van der Waals surface area (Å²) in [4.78, 5) is 11.5. The van der Waals surface area contributed by atoms with Crippen molar-refractivity contribution in [1.82, 2.24) is 0 Å². The maximum atomic E-state index is 11.5. The Kier molecular flexibility index (Phi) is 5.09. The average Bonchev–Trinajstić information content (AvgIpc) is 2.46. The number of carbonyl (C=O) groups is 1. The van der Waals surface area contributed by atoms with Gasteiger partial charge in [-0.3, -0.25) is 0 Å². The molecule has 2 aromatic rings. The van der Waals surface area contributed by atoms with Gasteiger partial charge in [-0.15, -0.1) is 0 Å². The number of benzene rings is 2. The normalized spacial score (nSPS) is 12.0. The van der Waals surface area contributed by atoms with Gasteiger partial charge in [0.25, 0.3) is 0 Å². The maximum absolute atomic E-state index is 11.5. The molecular weight excluding hydrogens is 300 g/mol. The fraction of sp³-hybridized carbons (Fsp3) is 0.278. The van der Waals surface area contributed by atoms with Crippen LogP contribution in [0.2, 0.25) is 5.02 Å². The molecule has 3 nitrogen and oxygen atoms in total. The number of halogens is 1. The topological polar surface area (TPSA) is 46.5 Å². The molecule has 2 rings (SSSR count). The van der Waals surface area contributed by atoms with Crippen LogP contribution in [-0.4, -0.2) is 17.2 Å². The number of rotatable bonds is 5. The summed E-state index contributed by atoms with van der Waals surface area (Å²) in [5.74, 6) is -0.423. The van der Waals surface area contributed by atoms with E-state index in [1.807, 2.05) is 45.0 Å². The second-order valence-electron chi connectivity index (χ2n) is 5.42. The molecule has 0 amide bonds. The van der Waals surface area contributed by atoms with Crippen molar-refractivity contribution in [2.45, 2.75) is 33.3 Å². The zero-order chi connectivity index (χ0) is 16.3. The van der Waals surface area contributed by atoms with E-state index in [0.717, 1.165) is 22.3 Å². The van der Waals surface area contributed by atoms with E-state index in [1.165, 1.54) is 0 Å². The molecule has 1 atom stereocenters. The van der Waals surface area contributed by atoms with Crippen molar-refractivity contribution in [2.75, 3.05) is 0 Å². The lowest BCUT2D eigenvalue weighted by atomic mass is 10.0. The van der Waals surface area contributed by atoms with Gasteiger partial charge in [0.2, 0.25) is 0 Å². The molecule has 4 heteroatoms. The minimum absolute atomic E-state index is 0.272. The number of aliphatic carboxylic acids is 1. The zero-order valence-corrected chi connectivity index (χ0v) is 13.6. The molecule has 0 radical (unpaired) electrons. The molecule has 0 bridgehead atoms. The molecule has 0 heterocycles. The number of aryl methyl sites for hydroxylation is 2. The van der Waals surface area contributed by atoms with Gasteiger partial charge in [0.15, 0.2) is 6.10 Å². The van der Waals surface area contributed by atoms with Crippen molar-refractivity contribution in [2.24, 2.45) is 0 Å². The molecule has 2 aromatic carbocycles. The predicted molar refractivity (Wildman–Crippen MR) is 87.9 cm³/mol. The molecule has 0 spiro atoms. The molecule has 0 unspecified atom stereocenters. The van der Waals surface area contributed by atoms with Crippen LogP contribution < -0.4 is 4.74 Å². The van der Waals surface area contributed by atoms with Gasteiger partial charge in [-0.05, 0) is 61.2 Å². The van der Waals surface area contributed by atoms with E-state index in [4.69, 9.17) is 16.3 Å². The first-order valence-corrected chi connectivity index (χ1v) is 7.47. The van der Waals surface area contributed by atoms with E-state index in [9.17, 15) is 9.90 Å². The molecule has 0 aliphatic heterocycles. The number of hydrogen-bond donors (Lipinski definition) is 1. The first-order chi connectivity index (χ1) is 10.4. The molecule has 0 aliphatic rings. The first-order valence-electron chi connectivity index (χ1n) is 7.09. The monoisotopic (exact) mass is 318 g/mol.